The predicted octanol–water partition coefficient (Wildman–Crippen LogP) is 4.26. The Bertz CT molecular complexity index is 465. The molecule has 1 aromatic rings. The Kier molecular flexibility index (Phi) is 4.92. The zero-order valence-corrected chi connectivity index (χ0v) is 13.4. The van der Waals surface area contributed by atoms with Crippen molar-refractivity contribution in [3.63, 3.8) is 0 Å². The molecule has 2 atom stereocenters. The quantitative estimate of drug-likeness (QED) is 0.904. The highest BCUT2D eigenvalue weighted by atomic mass is 32.1. The van der Waals surface area contributed by atoms with Crippen molar-refractivity contribution in [1.82, 2.24) is 15.5 Å². The largest absolute Gasteiger partial charge is 0.392 e. The van der Waals surface area contributed by atoms with Crippen molar-refractivity contribution in [2.24, 2.45) is 5.92 Å². The Morgan fingerprint density at radius 1 is 1.14 bits per heavy atom. The molecule has 0 saturated heterocycles. The van der Waals surface area contributed by atoms with Crippen LogP contribution in [0.2, 0.25) is 0 Å². The second kappa shape index (κ2) is 6.20. The lowest BCUT2D eigenvalue weighted by Gasteiger charge is -2.31. The number of nitrogens with one attached hydrogen (secondary N) is 1. The van der Waals surface area contributed by atoms with Crippen LogP contribution in [0, 0.1) is 5.92 Å². The van der Waals surface area contributed by atoms with Crippen LogP contribution in [0.5, 0.6) is 0 Å². The second-order valence-electron chi connectivity index (χ2n) is 6.68. The lowest BCUT2D eigenvalue weighted by molar-refractivity contribution is -0.187. The third-order valence-corrected chi connectivity index (χ3v) is 4.81. The Morgan fingerprint density at radius 3 is 2.43 bits per heavy atom. The Hall–Kier alpha value is -0.690. The first-order chi connectivity index (χ1) is 9.67. The molecular weight excluding hydrogens is 299 g/mol. The van der Waals surface area contributed by atoms with Crippen LogP contribution in [-0.2, 0) is 6.54 Å². The molecule has 1 N–H and O–H groups in total. The molecule has 21 heavy (non-hydrogen) atoms. The molecule has 7 heteroatoms. The summed E-state index contributed by atoms with van der Waals surface area (Å²) in [6.45, 7) is 6.66. The fraction of sp³-hybridized carbons (Fsp3) is 0.857. The number of hydrogen-bond acceptors (Lipinski definition) is 4. The number of hydrogen-bond donors (Lipinski definition) is 1. The van der Waals surface area contributed by atoms with Crippen molar-refractivity contribution >= 4 is 11.3 Å². The van der Waals surface area contributed by atoms with Crippen LogP contribution in [0.1, 0.15) is 62.4 Å². The van der Waals surface area contributed by atoms with Crippen molar-refractivity contribution < 1.29 is 13.2 Å². The minimum Gasteiger partial charge on any atom is -0.306 e. The van der Waals surface area contributed by atoms with Crippen LogP contribution in [0.4, 0.5) is 13.2 Å². The highest BCUT2D eigenvalue weighted by Gasteiger charge is 2.47. The van der Waals surface area contributed by atoms with Gasteiger partial charge in [-0.1, -0.05) is 24.2 Å². The molecule has 1 heterocycles. The first-order valence-corrected chi connectivity index (χ1v) is 8.12. The number of aromatic nitrogens is 2. The van der Waals surface area contributed by atoms with Crippen LogP contribution >= 0.6 is 11.3 Å². The molecule has 0 aliphatic heterocycles. The molecule has 1 aliphatic carbocycles. The molecule has 0 amide bonds. The summed E-state index contributed by atoms with van der Waals surface area (Å²) in [7, 11) is 0. The van der Waals surface area contributed by atoms with Gasteiger partial charge in [-0.25, -0.2) is 0 Å². The van der Waals surface area contributed by atoms with E-state index in [-0.39, 0.29) is 12.0 Å². The van der Waals surface area contributed by atoms with E-state index in [9.17, 15) is 13.2 Å². The Balaban J connectivity index is 2.08. The van der Waals surface area contributed by atoms with Crippen molar-refractivity contribution in [2.75, 3.05) is 0 Å². The highest BCUT2D eigenvalue weighted by molar-refractivity contribution is 7.11. The summed E-state index contributed by atoms with van der Waals surface area (Å²) in [6, 6.07) is 0. The molecule has 3 nitrogen and oxygen atoms in total. The van der Waals surface area contributed by atoms with Crippen LogP contribution in [0.15, 0.2) is 0 Å². The molecule has 1 saturated carbocycles. The van der Waals surface area contributed by atoms with Gasteiger partial charge < -0.3 is 5.32 Å². The van der Waals surface area contributed by atoms with E-state index in [1.807, 2.05) is 20.8 Å². The SMILES string of the molecule is CC(C)(C)NCc1nnc(C2CCCCC2C(F)(F)F)s1. The number of alkyl halides is 3. The molecule has 1 aromatic heterocycles. The van der Waals surface area contributed by atoms with E-state index in [4.69, 9.17) is 0 Å². The summed E-state index contributed by atoms with van der Waals surface area (Å²) in [6.07, 6.45) is -1.88. The van der Waals surface area contributed by atoms with Gasteiger partial charge in [-0.05, 0) is 33.6 Å². The standard InChI is InChI=1S/C14H22F3N3S/c1-13(2,3)18-8-11-19-20-12(21-11)9-6-4-5-7-10(9)14(15,16)17/h9-10,18H,4-8H2,1-3H3. The molecule has 1 aliphatic rings. The van der Waals surface area contributed by atoms with Crippen LogP contribution in [-0.4, -0.2) is 21.9 Å². The summed E-state index contributed by atoms with van der Waals surface area (Å²) < 4.78 is 39.4. The van der Waals surface area contributed by atoms with E-state index in [0.717, 1.165) is 11.4 Å². The molecule has 1 fully saturated rings. The normalized spacial score (nSPS) is 24.3. The zero-order chi connectivity index (χ0) is 15.7. The lowest BCUT2D eigenvalue weighted by Crippen LogP contribution is -2.35. The van der Waals surface area contributed by atoms with Crippen LogP contribution in [0.3, 0.4) is 0 Å². The Labute approximate surface area is 127 Å². The molecule has 0 bridgehead atoms. The number of halogens is 3. The van der Waals surface area contributed by atoms with Crippen molar-refractivity contribution in [3.8, 4) is 0 Å². The van der Waals surface area contributed by atoms with Gasteiger partial charge in [0.25, 0.3) is 0 Å². The van der Waals surface area contributed by atoms with E-state index in [2.05, 4.69) is 15.5 Å². The average Bonchev–Trinajstić information content (AvgIpc) is 2.83. The minimum atomic E-state index is -4.14. The van der Waals surface area contributed by atoms with Gasteiger partial charge in [0, 0.05) is 11.5 Å². The fourth-order valence-corrected chi connectivity index (χ4v) is 3.63. The molecule has 0 radical (unpaired) electrons. The lowest BCUT2D eigenvalue weighted by atomic mass is 9.79. The van der Waals surface area contributed by atoms with Crippen LogP contribution in [0.25, 0.3) is 0 Å². The fourth-order valence-electron chi connectivity index (χ4n) is 2.65. The summed E-state index contributed by atoms with van der Waals surface area (Å²) in [5, 5.41) is 12.7. The first-order valence-electron chi connectivity index (χ1n) is 7.31. The topological polar surface area (TPSA) is 37.8 Å². The summed E-state index contributed by atoms with van der Waals surface area (Å²) >= 11 is 1.32. The van der Waals surface area contributed by atoms with Gasteiger partial charge in [0.15, 0.2) is 0 Å². The van der Waals surface area contributed by atoms with Gasteiger partial charge in [-0.3, -0.25) is 0 Å². The van der Waals surface area contributed by atoms with E-state index < -0.39 is 18.0 Å². The van der Waals surface area contributed by atoms with Gasteiger partial charge in [0.2, 0.25) is 0 Å². The van der Waals surface area contributed by atoms with Gasteiger partial charge in [0.05, 0.1) is 12.5 Å². The third kappa shape index (κ3) is 4.64. The molecule has 2 rings (SSSR count). The maximum absolute atomic E-state index is 13.1. The van der Waals surface area contributed by atoms with Crippen LogP contribution < -0.4 is 5.32 Å². The van der Waals surface area contributed by atoms with E-state index >= 15 is 0 Å². The maximum atomic E-state index is 13.1. The number of nitrogens with zero attached hydrogens (tertiary/aromatic N) is 2. The maximum Gasteiger partial charge on any atom is 0.392 e. The number of rotatable bonds is 3. The highest BCUT2D eigenvalue weighted by Crippen LogP contribution is 2.46. The minimum absolute atomic E-state index is 0.0504. The smallest absolute Gasteiger partial charge is 0.306 e. The molecule has 120 valence electrons. The van der Waals surface area contributed by atoms with Gasteiger partial charge >= 0.3 is 6.18 Å². The predicted molar refractivity (Wildman–Crippen MR) is 77.3 cm³/mol. The summed E-state index contributed by atoms with van der Waals surface area (Å²) in [4.78, 5) is 0. The zero-order valence-electron chi connectivity index (χ0n) is 12.6. The van der Waals surface area contributed by atoms with E-state index in [1.165, 1.54) is 11.3 Å². The summed E-state index contributed by atoms with van der Waals surface area (Å²) in [5.41, 5.74) is -0.0504. The second-order valence-corrected chi connectivity index (χ2v) is 7.77. The molecular formula is C14H22F3N3S. The Morgan fingerprint density at radius 2 is 1.81 bits per heavy atom. The van der Waals surface area contributed by atoms with E-state index in [1.54, 1.807) is 0 Å². The first kappa shape index (κ1) is 16.7. The van der Waals surface area contributed by atoms with Crippen molar-refractivity contribution in [2.45, 2.75) is 70.6 Å². The van der Waals surface area contributed by atoms with Crippen molar-refractivity contribution in [1.29, 1.82) is 0 Å². The van der Waals surface area contributed by atoms with Gasteiger partial charge in [-0.15, -0.1) is 10.2 Å². The average molecular weight is 321 g/mol. The summed E-state index contributed by atoms with van der Waals surface area (Å²) in [5.74, 6) is -1.78. The van der Waals surface area contributed by atoms with E-state index in [0.29, 0.717) is 24.4 Å². The molecule has 0 aromatic carbocycles. The van der Waals surface area contributed by atoms with Gasteiger partial charge in [-0.2, -0.15) is 13.2 Å². The monoisotopic (exact) mass is 321 g/mol. The third-order valence-electron chi connectivity index (χ3n) is 3.76. The molecule has 0 spiro atoms. The molecule has 2 unspecified atom stereocenters. The van der Waals surface area contributed by atoms with Gasteiger partial charge in [0.1, 0.15) is 10.0 Å². The van der Waals surface area contributed by atoms with Crippen molar-refractivity contribution in [3.05, 3.63) is 10.0 Å².